The molecule has 0 saturated heterocycles. The minimum atomic E-state index is -0.804. The smallest absolute Gasteiger partial charge is 0.497 e. The van der Waals surface area contributed by atoms with Gasteiger partial charge in [0.1, 0.15) is 11.5 Å². The van der Waals surface area contributed by atoms with Gasteiger partial charge in [-0.3, -0.25) is 4.79 Å². The van der Waals surface area contributed by atoms with Gasteiger partial charge in [-0.15, -0.1) is 0 Å². The van der Waals surface area contributed by atoms with E-state index in [-0.39, 0.29) is 26.2 Å². The second-order valence-corrected chi connectivity index (χ2v) is 10.4. The largest absolute Gasteiger partial charge is 0.513 e. The van der Waals surface area contributed by atoms with Gasteiger partial charge >= 0.3 is 24.1 Å². The number of rotatable bonds is 16. The molecule has 10 nitrogen and oxygen atoms in total. The van der Waals surface area contributed by atoms with E-state index in [9.17, 15) is 19.2 Å². The second-order valence-electron chi connectivity index (χ2n) is 10.4. The number of unbranched alkanes of at least 4 members (excludes halogenated alkanes) is 1. The molecule has 3 aromatic rings. The van der Waals surface area contributed by atoms with E-state index in [0.29, 0.717) is 48.5 Å². The molecule has 10 heteroatoms. The van der Waals surface area contributed by atoms with E-state index < -0.39 is 24.1 Å². The molecule has 4 rings (SSSR count). The van der Waals surface area contributed by atoms with Crippen molar-refractivity contribution >= 4 is 24.1 Å². The number of carbonyl (C=O) groups excluding carboxylic acids is 4. The van der Waals surface area contributed by atoms with Crippen molar-refractivity contribution in [3.05, 3.63) is 122 Å². The van der Waals surface area contributed by atoms with Crippen LogP contribution in [-0.2, 0) is 33.3 Å². The molecule has 0 atom stereocenters. The van der Waals surface area contributed by atoms with Crippen molar-refractivity contribution in [2.45, 2.75) is 32.1 Å². The third-order valence-corrected chi connectivity index (χ3v) is 7.02. The molecular weight excluding hydrogens is 616 g/mol. The predicted octanol–water partition coefficient (Wildman–Crippen LogP) is 7.65. The number of hydrogen-bond acceptors (Lipinski definition) is 10. The highest BCUT2D eigenvalue weighted by Gasteiger charge is 2.17. The zero-order valence-corrected chi connectivity index (χ0v) is 26.4. The van der Waals surface area contributed by atoms with Crippen LogP contribution in [0.25, 0.3) is 22.3 Å². The Hall–Kier alpha value is -5.90. The van der Waals surface area contributed by atoms with Gasteiger partial charge in [0, 0.05) is 18.1 Å². The fourth-order valence-electron chi connectivity index (χ4n) is 4.50. The average Bonchev–Trinajstić information content (AvgIpc) is 3.11. The quantitative estimate of drug-likeness (QED) is 0.0290. The lowest BCUT2D eigenvalue weighted by Gasteiger charge is -2.15. The molecule has 1 aliphatic carbocycles. The summed E-state index contributed by atoms with van der Waals surface area (Å²) in [6.07, 6.45) is 6.94. The summed E-state index contributed by atoms with van der Waals surface area (Å²) in [7, 11) is 0. The normalized spacial score (nSPS) is 12.0. The van der Waals surface area contributed by atoms with Crippen LogP contribution < -0.4 is 9.47 Å². The Bertz CT molecular complexity index is 1650. The fraction of sp³-hybridized carbons (Fsp3) is 0.211. The number of hydrogen-bond donors (Lipinski definition) is 0. The third-order valence-electron chi connectivity index (χ3n) is 7.02. The van der Waals surface area contributed by atoms with E-state index in [4.69, 9.17) is 23.7 Å². The van der Waals surface area contributed by atoms with E-state index in [1.54, 1.807) is 36.4 Å². The van der Waals surface area contributed by atoms with Crippen LogP contribution in [0.2, 0.25) is 0 Å². The molecule has 0 N–H and O–H groups in total. The second kappa shape index (κ2) is 18.3. The summed E-state index contributed by atoms with van der Waals surface area (Å²) < 4.78 is 30.9. The molecule has 3 aromatic carbocycles. The zero-order chi connectivity index (χ0) is 34.1. The van der Waals surface area contributed by atoms with Crippen LogP contribution in [-0.4, -0.2) is 43.9 Å². The van der Waals surface area contributed by atoms with Gasteiger partial charge in [0.25, 0.3) is 0 Å². The first kappa shape index (κ1) is 35.0. The summed E-state index contributed by atoms with van der Waals surface area (Å²) in [6, 6.07) is 22.3. The first-order valence-electron chi connectivity index (χ1n) is 15.3. The van der Waals surface area contributed by atoms with Crippen molar-refractivity contribution in [2.75, 3.05) is 19.8 Å². The Kier molecular flexibility index (Phi) is 13.3. The van der Waals surface area contributed by atoms with E-state index >= 15 is 0 Å². The van der Waals surface area contributed by atoms with Gasteiger partial charge in [-0.2, -0.15) is 0 Å². The lowest BCUT2D eigenvalue weighted by atomic mass is 10.0. The van der Waals surface area contributed by atoms with Crippen molar-refractivity contribution in [2.24, 2.45) is 0 Å². The summed E-state index contributed by atoms with van der Waals surface area (Å²) in [5, 5.41) is 0. The average molecular weight is 653 g/mol. The maximum absolute atomic E-state index is 12.7. The highest BCUT2D eigenvalue weighted by atomic mass is 16.7. The topological polar surface area (TPSA) is 124 Å². The molecule has 0 amide bonds. The Labute approximate surface area is 278 Å². The van der Waals surface area contributed by atoms with Crippen LogP contribution in [0, 0.1) is 0 Å². The monoisotopic (exact) mass is 652 g/mol. The van der Waals surface area contributed by atoms with Gasteiger partial charge in [-0.05, 0) is 77.9 Å². The fourth-order valence-corrected chi connectivity index (χ4v) is 4.50. The van der Waals surface area contributed by atoms with Crippen molar-refractivity contribution in [1.29, 1.82) is 0 Å². The van der Waals surface area contributed by atoms with Crippen molar-refractivity contribution in [3.8, 4) is 33.8 Å². The summed E-state index contributed by atoms with van der Waals surface area (Å²) in [5.74, 6) is 0.152. The van der Waals surface area contributed by atoms with Gasteiger partial charge < -0.3 is 28.4 Å². The van der Waals surface area contributed by atoms with Gasteiger partial charge in [0.15, 0.2) is 0 Å². The van der Waals surface area contributed by atoms with E-state index in [0.717, 1.165) is 34.6 Å². The van der Waals surface area contributed by atoms with Crippen molar-refractivity contribution in [1.82, 2.24) is 0 Å². The minimum absolute atomic E-state index is 0.107. The van der Waals surface area contributed by atoms with Gasteiger partial charge in [-0.25, -0.2) is 14.4 Å². The summed E-state index contributed by atoms with van der Waals surface area (Å²) in [4.78, 5) is 47.0. The zero-order valence-electron chi connectivity index (χ0n) is 26.4. The van der Waals surface area contributed by atoms with Crippen LogP contribution in [0.15, 0.2) is 122 Å². The first-order chi connectivity index (χ1) is 23.3. The molecule has 0 bridgehead atoms. The van der Waals surface area contributed by atoms with Crippen LogP contribution in [0.5, 0.6) is 11.5 Å². The Balaban J connectivity index is 1.22. The Morgan fingerprint density at radius 2 is 1.19 bits per heavy atom. The lowest BCUT2D eigenvalue weighted by Crippen LogP contribution is -2.14. The van der Waals surface area contributed by atoms with Gasteiger partial charge in [-0.1, -0.05) is 61.7 Å². The first-order valence-corrected chi connectivity index (χ1v) is 15.3. The molecule has 0 aliphatic heterocycles. The van der Waals surface area contributed by atoms with Gasteiger partial charge in [0.05, 0.1) is 38.3 Å². The summed E-state index contributed by atoms with van der Waals surface area (Å²) >= 11 is 0. The lowest BCUT2D eigenvalue weighted by molar-refractivity contribution is -0.139. The highest BCUT2D eigenvalue weighted by molar-refractivity contribution is 5.91. The van der Waals surface area contributed by atoms with E-state index in [2.05, 4.69) is 17.9 Å². The molecule has 0 saturated carbocycles. The molecule has 0 aromatic heterocycles. The third kappa shape index (κ3) is 11.2. The standard InChI is InChI=1S/C38H36O10/c1-3-35(39)45-24-5-6-25-46-38(42)48-34-21-13-30(14-22-34)28-9-7-27(8-10-28)29-11-19-33(20-12-29)47-37(41)31-15-17-32(18-16-31)44-26-23-36(40)43-4-2/h3-4,7-15,17,19-22H,1-2,5-6,16,18,23-26H2. The van der Waals surface area contributed by atoms with Crippen LogP contribution in [0.3, 0.4) is 0 Å². The number of ether oxygens (including phenoxy) is 6. The molecule has 0 fully saturated rings. The van der Waals surface area contributed by atoms with Gasteiger partial charge in [0.2, 0.25) is 0 Å². The highest BCUT2D eigenvalue weighted by Crippen LogP contribution is 2.28. The van der Waals surface area contributed by atoms with Crippen LogP contribution in [0.1, 0.15) is 32.1 Å². The maximum atomic E-state index is 12.7. The van der Waals surface area contributed by atoms with Crippen molar-refractivity contribution < 1.29 is 47.6 Å². The number of esters is 3. The molecule has 0 heterocycles. The number of carbonyl (C=O) groups is 4. The SMILES string of the molecule is C=COC(=O)CCOC1=CC=C(C(=O)Oc2ccc(-c3ccc(-c4ccc(OC(=O)OCCCCOC(=O)C=C)cc4)cc3)cc2)CC1. The number of benzene rings is 3. The molecule has 1 aliphatic rings. The number of allylic oxidation sites excluding steroid dienone is 3. The molecule has 0 unspecified atom stereocenters. The summed E-state index contributed by atoms with van der Waals surface area (Å²) in [6.45, 7) is 7.23. The Morgan fingerprint density at radius 3 is 1.71 bits per heavy atom. The van der Waals surface area contributed by atoms with Crippen LogP contribution in [0.4, 0.5) is 4.79 Å². The van der Waals surface area contributed by atoms with E-state index in [1.165, 1.54) is 0 Å². The maximum Gasteiger partial charge on any atom is 0.513 e. The molecule has 48 heavy (non-hydrogen) atoms. The minimum Gasteiger partial charge on any atom is -0.497 e. The molecular formula is C38H36O10. The molecule has 248 valence electrons. The predicted molar refractivity (Wildman–Crippen MR) is 178 cm³/mol. The van der Waals surface area contributed by atoms with E-state index in [1.807, 2.05) is 48.5 Å². The molecule has 0 spiro atoms. The molecule has 0 radical (unpaired) electrons. The Morgan fingerprint density at radius 1 is 0.646 bits per heavy atom. The summed E-state index contributed by atoms with van der Waals surface area (Å²) in [5.41, 5.74) is 4.40. The van der Waals surface area contributed by atoms with Crippen molar-refractivity contribution in [3.63, 3.8) is 0 Å². The van der Waals surface area contributed by atoms with Crippen LogP contribution >= 0.6 is 0 Å².